The summed E-state index contributed by atoms with van der Waals surface area (Å²) in [7, 11) is 0. The van der Waals surface area contributed by atoms with E-state index in [-0.39, 0.29) is 17.4 Å². The van der Waals surface area contributed by atoms with Crippen LogP contribution < -0.4 is 5.32 Å². The van der Waals surface area contributed by atoms with Gasteiger partial charge in [0.15, 0.2) is 4.34 Å². The van der Waals surface area contributed by atoms with Crippen molar-refractivity contribution in [1.29, 1.82) is 0 Å². The maximum absolute atomic E-state index is 12.1. The minimum atomic E-state index is -0.380. The molecule has 0 aliphatic rings. The van der Waals surface area contributed by atoms with Crippen LogP contribution in [0.3, 0.4) is 0 Å². The van der Waals surface area contributed by atoms with Gasteiger partial charge in [-0.15, -0.1) is 5.10 Å². The highest BCUT2D eigenvalue weighted by Crippen LogP contribution is 2.24. The lowest BCUT2D eigenvalue weighted by molar-refractivity contribution is 0.102. The Labute approximate surface area is 122 Å². The number of para-hydroxylation sites is 2. The molecule has 6 nitrogen and oxygen atoms in total. The molecule has 8 heteroatoms. The molecule has 0 fully saturated rings. The number of carbonyl (C=O) groups excluding carboxylic acids is 1. The van der Waals surface area contributed by atoms with Crippen molar-refractivity contribution in [3.63, 3.8) is 0 Å². The molecule has 0 spiro atoms. The van der Waals surface area contributed by atoms with Crippen molar-refractivity contribution in [1.82, 2.24) is 14.6 Å². The highest BCUT2D eigenvalue weighted by Gasteiger charge is 2.15. The molecular formula is C12H10N4O2S2. The summed E-state index contributed by atoms with van der Waals surface area (Å²) in [4.78, 5) is 16.9. The number of amides is 1. The van der Waals surface area contributed by atoms with E-state index in [0.29, 0.717) is 10.6 Å². The minimum absolute atomic E-state index is 0.0182. The molecule has 0 radical (unpaired) electrons. The third kappa shape index (κ3) is 2.35. The normalized spacial score (nSPS) is 10.8. The van der Waals surface area contributed by atoms with Crippen molar-refractivity contribution in [2.24, 2.45) is 0 Å². The van der Waals surface area contributed by atoms with Gasteiger partial charge in [0.05, 0.1) is 11.9 Å². The number of hydrogen-bond donors (Lipinski definition) is 2. The molecule has 0 atom stereocenters. The van der Waals surface area contributed by atoms with E-state index in [0.717, 1.165) is 4.34 Å². The van der Waals surface area contributed by atoms with Gasteiger partial charge >= 0.3 is 0 Å². The number of rotatable bonds is 3. The van der Waals surface area contributed by atoms with Crippen LogP contribution >= 0.6 is 23.1 Å². The number of carbonyl (C=O) groups is 1. The molecule has 0 saturated carbocycles. The van der Waals surface area contributed by atoms with Crippen LogP contribution in [0.4, 0.5) is 5.69 Å². The molecule has 2 aromatic heterocycles. The van der Waals surface area contributed by atoms with E-state index in [1.807, 2.05) is 6.26 Å². The Morgan fingerprint density at radius 1 is 1.45 bits per heavy atom. The smallest absolute Gasteiger partial charge is 0.276 e. The van der Waals surface area contributed by atoms with Crippen LogP contribution in [0, 0.1) is 0 Å². The number of imidazole rings is 1. The molecule has 0 aliphatic heterocycles. The van der Waals surface area contributed by atoms with Crippen LogP contribution in [-0.2, 0) is 0 Å². The SMILES string of the molecule is CSc1nn2cc(C(=O)Nc3ccccc3O)nc2s1. The van der Waals surface area contributed by atoms with E-state index in [4.69, 9.17) is 0 Å². The molecule has 20 heavy (non-hydrogen) atoms. The van der Waals surface area contributed by atoms with Crippen molar-refractivity contribution in [3.05, 3.63) is 36.2 Å². The summed E-state index contributed by atoms with van der Waals surface area (Å²) in [5.74, 6) is -0.362. The number of nitrogens with zero attached hydrogens (tertiary/aromatic N) is 3. The zero-order valence-corrected chi connectivity index (χ0v) is 12.0. The maximum Gasteiger partial charge on any atom is 0.276 e. The highest BCUT2D eigenvalue weighted by atomic mass is 32.2. The molecule has 1 amide bonds. The number of aromatic nitrogens is 3. The Morgan fingerprint density at radius 2 is 2.25 bits per heavy atom. The van der Waals surface area contributed by atoms with Gasteiger partial charge in [0.25, 0.3) is 5.91 Å². The zero-order chi connectivity index (χ0) is 14.1. The van der Waals surface area contributed by atoms with Crippen molar-refractivity contribution in [2.75, 3.05) is 11.6 Å². The fourth-order valence-electron chi connectivity index (χ4n) is 1.64. The second-order valence-corrected chi connectivity index (χ2v) is 5.91. The summed E-state index contributed by atoms with van der Waals surface area (Å²) in [6.45, 7) is 0. The Hall–Kier alpha value is -2.06. The maximum atomic E-state index is 12.1. The molecule has 0 saturated heterocycles. The number of anilines is 1. The molecule has 0 bridgehead atoms. The number of nitrogens with one attached hydrogen (secondary N) is 1. The molecule has 2 N–H and O–H groups in total. The first kappa shape index (κ1) is 12.9. The predicted octanol–water partition coefficient (Wildman–Crippen LogP) is 2.47. The zero-order valence-electron chi connectivity index (χ0n) is 10.4. The van der Waals surface area contributed by atoms with Crippen LogP contribution in [0.25, 0.3) is 4.96 Å². The average Bonchev–Trinajstić information content (AvgIpc) is 2.99. The second kappa shape index (κ2) is 5.14. The lowest BCUT2D eigenvalue weighted by Gasteiger charge is -2.04. The number of aromatic hydroxyl groups is 1. The van der Waals surface area contributed by atoms with Gasteiger partial charge in [-0.1, -0.05) is 35.2 Å². The van der Waals surface area contributed by atoms with Gasteiger partial charge in [-0.2, -0.15) is 0 Å². The Morgan fingerprint density at radius 3 is 2.95 bits per heavy atom. The topological polar surface area (TPSA) is 79.5 Å². The highest BCUT2D eigenvalue weighted by molar-refractivity contribution is 8.00. The summed E-state index contributed by atoms with van der Waals surface area (Å²) < 4.78 is 2.47. The van der Waals surface area contributed by atoms with Gasteiger partial charge in [-0.05, 0) is 18.4 Å². The van der Waals surface area contributed by atoms with Crippen molar-refractivity contribution >= 4 is 39.7 Å². The molecule has 102 valence electrons. The Kier molecular flexibility index (Phi) is 3.33. The average molecular weight is 306 g/mol. The van der Waals surface area contributed by atoms with Gasteiger partial charge in [-0.25, -0.2) is 9.50 Å². The number of hydrogen-bond acceptors (Lipinski definition) is 6. The van der Waals surface area contributed by atoms with E-state index < -0.39 is 0 Å². The summed E-state index contributed by atoms with van der Waals surface area (Å²) in [6, 6.07) is 6.54. The quantitative estimate of drug-likeness (QED) is 0.574. The van der Waals surface area contributed by atoms with E-state index in [2.05, 4.69) is 15.4 Å². The Bertz CT molecular complexity index is 749. The lowest BCUT2D eigenvalue weighted by Crippen LogP contribution is -2.12. The molecule has 2 heterocycles. The lowest BCUT2D eigenvalue weighted by atomic mass is 10.3. The van der Waals surface area contributed by atoms with Crippen LogP contribution in [0.2, 0.25) is 0 Å². The van der Waals surface area contributed by atoms with Crippen molar-refractivity contribution in [2.45, 2.75) is 4.34 Å². The van der Waals surface area contributed by atoms with Crippen LogP contribution in [0.5, 0.6) is 5.75 Å². The number of fused-ring (bicyclic) bond motifs is 1. The third-order valence-corrected chi connectivity index (χ3v) is 4.48. The van der Waals surface area contributed by atoms with Gasteiger partial charge in [0.2, 0.25) is 4.96 Å². The fourth-order valence-corrected chi connectivity index (χ4v) is 2.98. The third-order valence-electron chi connectivity index (χ3n) is 2.58. The van der Waals surface area contributed by atoms with Crippen LogP contribution in [0.1, 0.15) is 10.5 Å². The van der Waals surface area contributed by atoms with Crippen molar-refractivity contribution in [3.8, 4) is 5.75 Å². The first-order valence-corrected chi connectivity index (χ1v) is 7.71. The summed E-state index contributed by atoms with van der Waals surface area (Å²) >= 11 is 2.95. The molecule has 3 aromatic rings. The molecule has 0 unspecified atom stereocenters. The number of benzene rings is 1. The van der Waals surface area contributed by atoms with E-state index >= 15 is 0 Å². The van der Waals surface area contributed by atoms with Gasteiger partial charge in [-0.3, -0.25) is 4.79 Å². The van der Waals surface area contributed by atoms with Gasteiger partial charge in [0, 0.05) is 0 Å². The summed E-state index contributed by atoms with van der Waals surface area (Å²) in [6.07, 6.45) is 3.50. The van der Waals surface area contributed by atoms with E-state index in [1.54, 1.807) is 28.9 Å². The minimum Gasteiger partial charge on any atom is -0.506 e. The summed E-state index contributed by atoms with van der Waals surface area (Å²) in [5.41, 5.74) is 0.617. The largest absolute Gasteiger partial charge is 0.506 e. The number of phenols is 1. The first-order chi connectivity index (χ1) is 9.67. The fraction of sp³-hybridized carbons (Fsp3) is 0.0833. The Balaban J connectivity index is 1.85. The van der Waals surface area contributed by atoms with Gasteiger partial charge < -0.3 is 10.4 Å². The monoisotopic (exact) mass is 306 g/mol. The van der Waals surface area contributed by atoms with Crippen molar-refractivity contribution < 1.29 is 9.90 Å². The number of phenolic OH excluding ortho intramolecular Hbond substituents is 1. The van der Waals surface area contributed by atoms with Crippen LogP contribution in [-0.4, -0.2) is 31.9 Å². The molecular weight excluding hydrogens is 296 g/mol. The van der Waals surface area contributed by atoms with E-state index in [9.17, 15) is 9.90 Å². The molecule has 3 rings (SSSR count). The van der Waals surface area contributed by atoms with E-state index in [1.165, 1.54) is 29.2 Å². The predicted molar refractivity (Wildman–Crippen MR) is 78.7 cm³/mol. The second-order valence-electron chi connectivity index (χ2n) is 3.90. The van der Waals surface area contributed by atoms with Gasteiger partial charge in [0.1, 0.15) is 11.4 Å². The summed E-state index contributed by atoms with van der Waals surface area (Å²) in [5, 5.41) is 16.5. The standard InChI is InChI=1S/C12H10N4O2S2/c1-19-12-15-16-6-8(14-11(16)20-12)10(18)13-7-4-2-3-5-9(7)17/h2-6,17H,1H3,(H,13,18). The van der Waals surface area contributed by atoms with Crippen LogP contribution in [0.15, 0.2) is 34.8 Å². The molecule has 1 aromatic carbocycles. The molecule has 0 aliphatic carbocycles. The first-order valence-electron chi connectivity index (χ1n) is 5.67. The number of thioether (sulfide) groups is 1.